The Balaban J connectivity index is 2.15. The van der Waals surface area contributed by atoms with Gasteiger partial charge in [-0.05, 0) is 37.5 Å². The molecule has 0 aliphatic heterocycles. The quantitative estimate of drug-likeness (QED) is 0.773. The predicted octanol–water partition coefficient (Wildman–Crippen LogP) is 3.80. The number of hydrogen-bond acceptors (Lipinski definition) is 4. The first kappa shape index (κ1) is 17.1. The number of nitrogens with zero attached hydrogens (tertiary/aromatic N) is 2. The van der Waals surface area contributed by atoms with E-state index in [1.807, 2.05) is 32.9 Å². The zero-order valence-electron chi connectivity index (χ0n) is 14.2. The second-order valence-corrected chi connectivity index (χ2v) is 6.89. The molecule has 2 heterocycles. The van der Waals surface area contributed by atoms with Gasteiger partial charge in [0.25, 0.3) is 5.56 Å². The Kier molecular flexibility index (Phi) is 4.55. The number of rotatable bonds is 4. The van der Waals surface area contributed by atoms with Crippen molar-refractivity contribution in [3.63, 3.8) is 0 Å². The van der Waals surface area contributed by atoms with Gasteiger partial charge in [-0.25, -0.2) is 9.78 Å². The van der Waals surface area contributed by atoms with Crippen molar-refractivity contribution in [1.29, 1.82) is 0 Å². The Hall–Kier alpha value is -2.73. The van der Waals surface area contributed by atoms with Crippen LogP contribution in [0.1, 0.15) is 44.5 Å². The predicted molar refractivity (Wildman–Crippen MR) is 101 cm³/mol. The largest absolute Gasteiger partial charge is 0.477 e. The van der Waals surface area contributed by atoms with Gasteiger partial charge in [-0.2, -0.15) is 0 Å². The topological polar surface area (TPSA) is 71.7 Å². The van der Waals surface area contributed by atoms with Gasteiger partial charge in [0.05, 0.1) is 5.69 Å². The Morgan fingerprint density at radius 2 is 2.08 bits per heavy atom. The van der Waals surface area contributed by atoms with Gasteiger partial charge < -0.3 is 5.11 Å². The maximum atomic E-state index is 12.7. The van der Waals surface area contributed by atoms with Gasteiger partial charge >= 0.3 is 5.97 Å². The van der Waals surface area contributed by atoms with E-state index in [0.29, 0.717) is 22.6 Å². The van der Waals surface area contributed by atoms with E-state index in [1.165, 1.54) is 10.6 Å². The Bertz CT molecular complexity index is 1060. The third-order valence-corrected chi connectivity index (χ3v) is 5.05. The number of hydrogen-bond donors (Lipinski definition) is 1. The summed E-state index contributed by atoms with van der Waals surface area (Å²) < 4.78 is 1.32. The minimum Gasteiger partial charge on any atom is -0.477 e. The van der Waals surface area contributed by atoms with Crippen LogP contribution in [0, 0.1) is 13.8 Å². The first-order chi connectivity index (χ1) is 11.9. The fraction of sp³-hybridized carbons (Fsp3) is 0.211. The highest BCUT2D eigenvalue weighted by Crippen LogP contribution is 2.19. The monoisotopic (exact) mass is 354 g/mol. The zero-order valence-corrected chi connectivity index (χ0v) is 15.1. The number of aromatic nitrogens is 2. The lowest BCUT2D eigenvalue weighted by Gasteiger charge is -2.04. The molecule has 0 saturated carbocycles. The number of aryl methyl sites for hydroxylation is 2. The van der Waals surface area contributed by atoms with Crippen LogP contribution in [-0.4, -0.2) is 20.5 Å². The van der Waals surface area contributed by atoms with Gasteiger partial charge in [0.15, 0.2) is 4.96 Å². The molecule has 25 heavy (non-hydrogen) atoms. The molecule has 3 aromatic rings. The fourth-order valence-electron chi connectivity index (χ4n) is 2.67. The molecule has 5 nitrogen and oxygen atoms in total. The SMILES string of the molecule is CCc1c(C=Cc2cc(C)ccc2C)nc2sc(C(=O)O)cn2c1=O. The number of thiazole rings is 1. The number of benzene rings is 1. The summed E-state index contributed by atoms with van der Waals surface area (Å²) in [6, 6.07) is 6.19. The maximum Gasteiger partial charge on any atom is 0.347 e. The normalized spacial score (nSPS) is 11.5. The molecule has 0 spiro atoms. The molecule has 0 unspecified atom stereocenters. The standard InChI is InChI=1S/C19H18N2O3S/c1-4-14-15(8-7-13-9-11(2)5-6-12(13)3)20-19-21(17(14)22)10-16(25-19)18(23)24/h5-10H,4H2,1-3H3,(H,23,24). The minimum atomic E-state index is -1.06. The van der Waals surface area contributed by atoms with Crippen molar-refractivity contribution < 1.29 is 9.90 Å². The molecule has 0 saturated heterocycles. The summed E-state index contributed by atoms with van der Waals surface area (Å²) in [6.07, 6.45) is 5.65. The molecule has 0 atom stereocenters. The molecule has 2 aromatic heterocycles. The van der Waals surface area contributed by atoms with E-state index in [1.54, 1.807) is 0 Å². The number of carboxylic acid groups (broad SMARTS) is 1. The summed E-state index contributed by atoms with van der Waals surface area (Å²) >= 11 is 0.999. The second kappa shape index (κ2) is 6.64. The van der Waals surface area contributed by atoms with Crippen LogP contribution in [0.25, 0.3) is 17.1 Å². The molecule has 0 radical (unpaired) electrons. The lowest BCUT2D eigenvalue weighted by atomic mass is 10.0. The summed E-state index contributed by atoms with van der Waals surface area (Å²) in [5.74, 6) is -1.06. The molecule has 0 bridgehead atoms. The number of carboxylic acids is 1. The van der Waals surface area contributed by atoms with Crippen LogP contribution in [0.15, 0.2) is 29.2 Å². The van der Waals surface area contributed by atoms with Crippen molar-refractivity contribution in [2.24, 2.45) is 0 Å². The van der Waals surface area contributed by atoms with Crippen LogP contribution in [0.4, 0.5) is 0 Å². The van der Waals surface area contributed by atoms with Crippen molar-refractivity contribution in [1.82, 2.24) is 9.38 Å². The van der Waals surface area contributed by atoms with Crippen molar-refractivity contribution in [3.8, 4) is 0 Å². The van der Waals surface area contributed by atoms with Gasteiger partial charge in [0, 0.05) is 11.8 Å². The molecule has 6 heteroatoms. The van der Waals surface area contributed by atoms with Gasteiger partial charge in [-0.3, -0.25) is 9.20 Å². The van der Waals surface area contributed by atoms with Crippen LogP contribution in [0.2, 0.25) is 0 Å². The summed E-state index contributed by atoms with van der Waals surface area (Å²) in [7, 11) is 0. The zero-order chi connectivity index (χ0) is 18.1. The summed E-state index contributed by atoms with van der Waals surface area (Å²) in [5, 5.41) is 9.13. The summed E-state index contributed by atoms with van der Waals surface area (Å²) in [5.41, 5.74) is 4.33. The van der Waals surface area contributed by atoms with Gasteiger partial charge in [0.1, 0.15) is 4.88 Å². The third kappa shape index (κ3) is 3.25. The van der Waals surface area contributed by atoms with Gasteiger partial charge in [-0.1, -0.05) is 48.1 Å². The van der Waals surface area contributed by atoms with Crippen molar-refractivity contribution >= 4 is 34.4 Å². The van der Waals surface area contributed by atoms with E-state index < -0.39 is 5.97 Å². The molecule has 0 aliphatic rings. The van der Waals surface area contributed by atoms with E-state index in [9.17, 15) is 9.59 Å². The highest BCUT2D eigenvalue weighted by molar-refractivity contribution is 7.18. The van der Waals surface area contributed by atoms with Crippen LogP contribution < -0.4 is 5.56 Å². The van der Waals surface area contributed by atoms with Gasteiger partial charge in [-0.15, -0.1) is 0 Å². The molecule has 0 fully saturated rings. The smallest absolute Gasteiger partial charge is 0.347 e. The summed E-state index contributed by atoms with van der Waals surface area (Å²) in [6.45, 7) is 5.96. The van der Waals surface area contributed by atoms with Gasteiger partial charge in [0.2, 0.25) is 0 Å². The van der Waals surface area contributed by atoms with Crippen LogP contribution in [0.5, 0.6) is 0 Å². The molecule has 1 N–H and O–H groups in total. The van der Waals surface area contributed by atoms with E-state index in [2.05, 4.69) is 23.2 Å². The third-order valence-electron chi connectivity index (χ3n) is 4.08. The molecule has 0 amide bonds. The van der Waals surface area contributed by atoms with E-state index in [-0.39, 0.29) is 10.4 Å². The van der Waals surface area contributed by atoms with E-state index >= 15 is 0 Å². The molecular weight excluding hydrogens is 336 g/mol. The molecule has 0 aliphatic carbocycles. The van der Waals surface area contributed by atoms with Crippen LogP contribution in [-0.2, 0) is 6.42 Å². The van der Waals surface area contributed by atoms with Crippen molar-refractivity contribution in [2.75, 3.05) is 0 Å². The average Bonchev–Trinajstić information content (AvgIpc) is 3.00. The molecular formula is C19H18N2O3S. The van der Waals surface area contributed by atoms with E-state index in [0.717, 1.165) is 28.0 Å². The minimum absolute atomic E-state index is 0.0994. The van der Waals surface area contributed by atoms with Crippen LogP contribution >= 0.6 is 11.3 Å². The summed E-state index contributed by atoms with van der Waals surface area (Å²) in [4.78, 5) is 28.8. The highest BCUT2D eigenvalue weighted by Gasteiger charge is 2.15. The average molecular weight is 354 g/mol. The number of carbonyl (C=O) groups is 1. The van der Waals surface area contributed by atoms with E-state index in [4.69, 9.17) is 5.11 Å². The van der Waals surface area contributed by atoms with Crippen molar-refractivity contribution in [3.05, 3.63) is 67.6 Å². The lowest BCUT2D eigenvalue weighted by molar-refractivity contribution is 0.0701. The van der Waals surface area contributed by atoms with Crippen LogP contribution in [0.3, 0.4) is 0 Å². The number of aromatic carboxylic acids is 1. The Labute approximate surface area is 148 Å². The highest BCUT2D eigenvalue weighted by atomic mass is 32.1. The Morgan fingerprint density at radius 1 is 1.32 bits per heavy atom. The first-order valence-electron chi connectivity index (χ1n) is 7.94. The molecule has 1 aromatic carbocycles. The first-order valence-corrected chi connectivity index (χ1v) is 8.76. The Morgan fingerprint density at radius 3 is 2.76 bits per heavy atom. The second-order valence-electron chi connectivity index (χ2n) is 5.88. The molecule has 128 valence electrons. The number of fused-ring (bicyclic) bond motifs is 1. The van der Waals surface area contributed by atoms with Crippen molar-refractivity contribution in [2.45, 2.75) is 27.2 Å². The molecule has 3 rings (SSSR count). The maximum absolute atomic E-state index is 12.7. The lowest BCUT2D eigenvalue weighted by Crippen LogP contribution is -2.19. The fourth-order valence-corrected chi connectivity index (χ4v) is 3.49.